The molecule has 0 saturated carbocycles. The van der Waals surface area contributed by atoms with E-state index in [1.165, 1.54) is 0 Å². The molecular weight excluding hydrogens is 306 g/mol. The molecule has 1 atom stereocenters. The highest BCUT2D eigenvalue weighted by Gasteiger charge is 2.62. The molecule has 0 aliphatic carbocycles. The van der Waals surface area contributed by atoms with Crippen LogP contribution < -0.4 is 0 Å². The van der Waals surface area contributed by atoms with Gasteiger partial charge in [0.2, 0.25) is 11.1 Å². The average molecular weight is 310 g/mol. The van der Waals surface area contributed by atoms with E-state index in [-0.39, 0.29) is 0 Å². The normalized spacial score (nSPS) is 14.6. The van der Waals surface area contributed by atoms with Gasteiger partial charge in [-0.2, -0.15) is 17.6 Å². The Morgan fingerprint density at radius 2 is 1.56 bits per heavy atom. The maximum Gasteiger partial charge on any atom is 0.416 e. The molecule has 1 rings (SSSR count). The van der Waals surface area contributed by atoms with Crippen molar-refractivity contribution < 1.29 is 35.1 Å². The minimum Gasteiger partial charge on any atom is -0.301 e. The quantitative estimate of drug-likeness (QED) is 0.526. The molecular formula is C8H4F6O2S2. The van der Waals surface area contributed by atoms with E-state index in [0.717, 1.165) is 6.07 Å². The molecule has 2 nitrogen and oxygen atoms in total. The third kappa shape index (κ3) is 2.81. The summed E-state index contributed by atoms with van der Waals surface area (Å²) < 4.78 is 95.6. The van der Waals surface area contributed by atoms with Gasteiger partial charge in [0.05, 0.1) is 4.90 Å². The molecule has 102 valence electrons. The van der Waals surface area contributed by atoms with E-state index >= 15 is 0 Å². The second-order valence-corrected chi connectivity index (χ2v) is 5.07. The summed E-state index contributed by atoms with van der Waals surface area (Å²) in [6.45, 7) is 0. The smallest absolute Gasteiger partial charge is 0.301 e. The largest absolute Gasteiger partial charge is 0.416 e. The summed E-state index contributed by atoms with van der Waals surface area (Å²) in [5.74, 6) is -2.95. The molecule has 18 heavy (non-hydrogen) atoms. The zero-order valence-corrected chi connectivity index (χ0v) is 9.80. The summed E-state index contributed by atoms with van der Waals surface area (Å²) in [4.78, 5) is -1.35. The van der Waals surface area contributed by atoms with Gasteiger partial charge in [-0.3, -0.25) is 0 Å². The van der Waals surface area contributed by atoms with Crippen LogP contribution in [0.3, 0.4) is 0 Å². The fraction of sp³-hybridized carbons (Fsp3) is 0.250. The SMILES string of the molecule is O=S(O)C(F)(F)C(F)(F)Sc1c(F)cccc1F. The fourth-order valence-electron chi connectivity index (χ4n) is 0.869. The molecule has 0 bridgehead atoms. The predicted octanol–water partition coefficient (Wildman–Crippen LogP) is 3.46. The summed E-state index contributed by atoms with van der Waals surface area (Å²) >= 11 is -5.33. The highest BCUT2D eigenvalue weighted by Crippen LogP contribution is 2.49. The zero-order chi connectivity index (χ0) is 14.1. The van der Waals surface area contributed by atoms with Crippen molar-refractivity contribution in [1.29, 1.82) is 0 Å². The van der Waals surface area contributed by atoms with Crippen LogP contribution in [-0.2, 0) is 11.1 Å². The highest BCUT2D eigenvalue weighted by molar-refractivity contribution is 8.01. The van der Waals surface area contributed by atoms with E-state index < -0.39 is 49.9 Å². The van der Waals surface area contributed by atoms with Gasteiger partial charge < -0.3 is 4.55 Å². The maximum atomic E-state index is 13.0. The predicted molar refractivity (Wildman–Crippen MR) is 52.9 cm³/mol. The summed E-state index contributed by atoms with van der Waals surface area (Å²) in [5.41, 5.74) is 0. The molecule has 1 aromatic rings. The van der Waals surface area contributed by atoms with Crippen molar-refractivity contribution >= 4 is 22.8 Å². The first-order chi connectivity index (χ1) is 8.09. The van der Waals surface area contributed by atoms with Crippen molar-refractivity contribution in [1.82, 2.24) is 0 Å². The molecule has 0 amide bonds. The minimum absolute atomic E-state index is 0.593. The Morgan fingerprint density at radius 1 is 1.11 bits per heavy atom. The van der Waals surface area contributed by atoms with Crippen molar-refractivity contribution in [2.24, 2.45) is 0 Å². The van der Waals surface area contributed by atoms with Gasteiger partial charge in [-0.15, -0.1) is 0 Å². The lowest BCUT2D eigenvalue weighted by Crippen LogP contribution is -2.41. The van der Waals surface area contributed by atoms with Crippen LogP contribution in [-0.4, -0.2) is 19.3 Å². The number of hydrogen-bond donors (Lipinski definition) is 1. The first-order valence-corrected chi connectivity index (χ1v) is 6.01. The van der Waals surface area contributed by atoms with Crippen molar-refractivity contribution in [3.05, 3.63) is 29.8 Å². The van der Waals surface area contributed by atoms with Gasteiger partial charge in [0.15, 0.2) is 0 Å². The van der Waals surface area contributed by atoms with Crippen molar-refractivity contribution in [3.8, 4) is 0 Å². The summed E-state index contributed by atoms with van der Waals surface area (Å²) in [6.07, 6.45) is 0. The Hall–Kier alpha value is -0.740. The molecule has 0 aliphatic heterocycles. The van der Waals surface area contributed by atoms with Crippen LogP contribution in [0, 0.1) is 11.6 Å². The Labute approximate surface area is 104 Å². The first-order valence-electron chi connectivity index (χ1n) is 4.09. The minimum atomic E-state index is -5.34. The Balaban J connectivity index is 3.14. The number of benzene rings is 1. The van der Waals surface area contributed by atoms with E-state index in [1.54, 1.807) is 0 Å². The lowest BCUT2D eigenvalue weighted by Gasteiger charge is -2.22. The zero-order valence-electron chi connectivity index (χ0n) is 8.17. The summed E-state index contributed by atoms with van der Waals surface area (Å²) in [7, 11) is 0. The van der Waals surface area contributed by atoms with Crippen molar-refractivity contribution in [3.63, 3.8) is 0 Å². The van der Waals surface area contributed by atoms with Crippen molar-refractivity contribution in [2.45, 2.75) is 15.4 Å². The van der Waals surface area contributed by atoms with Crippen LogP contribution in [0.15, 0.2) is 23.1 Å². The molecule has 0 spiro atoms. The van der Waals surface area contributed by atoms with Gasteiger partial charge in [-0.25, -0.2) is 13.0 Å². The fourth-order valence-corrected chi connectivity index (χ4v) is 2.12. The first kappa shape index (κ1) is 15.3. The third-order valence-corrected chi connectivity index (χ3v) is 3.64. The molecule has 1 unspecified atom stereocenters. The van der Waals surface area contributed by atoms with Crippen molar-refractivity contribution in [2.75, 3.05) is 0 Å². The summed E-state index contributed by atoms with van der Waals surface area (Å²) in [6, 6.07) is 2.04. The topological polar surface area (TPSA) is 37.3 Å². The average Bonchev–Trinajstić information content (AvgIpc) is 2.23. The van der Waals surface area contributed by atoms with E-state index in [9.17, 15) is 30.6 Å². The Morgan fingerprint density at radius 3 is 1.94 bits per heavy atom. The number of alkyl halides is 4. The Bertz CT molecular complexity index is 458. The monoisotopic (exact) mass is 310 g/mol. The van der Waals surface area contributed by atoms with Crippen LogP contribution in [0.25, 0.3) is 0 Å². The molecule has 0 aliphatic rings. The summed E-state index contributed by atoms with van der Waals surface area (Å²) in [5, 5.41) is -10.5. The van der Waals surface area contributed by atoms with E-state index in [1.807, 2.05) is 0 Å². The van der Waals surface area contributed by atoms with E-state index in [0.29, 0.717) is 12.1 Å². The second-order valence-electron chi connectivity index (χ2n) is 2.94. The highest BCUT2D eigenvalue weighted by atomic mass is 32.2. The van der Waals surface area contributed by atoms with Crippen LogP contribution in [0.2, 0.25) is 0 Å². The lowest BCUT2D eigenvalue weighted by molar-refractivity contribution is -0.0908. The standard InChI is InChI=1S/C8H4F6O2S2/c9-4-2-1-3-5(10)6(4)17-7(11,12)8(13,14)18(15)16/h1-3H,(H,15,16). The molecule has 10 heteroatoms. The number of thioether (sulfide) groups is 1. The molecule has 0 saturated heterocycles. The van der Waals surface area contributed by atoms with Crippen LogP contribution >= 0.6 is 11.8 Å². The van der Waals surface area contributed by atoms with Gasteiger partial charge in [0.1, 0.15) is 11.6 Å². The van der Waals surface area contributed by atoms with Crippen LogP contribution in [0.1, 0.15) is 0 Å². The molecule has 0 heterocycles. The molecule has 0 aromatic heterocycles. The third-order valence-electron chi connectivity index (χ3n) is 1.71. The number of hydrogen-bond acceptors (Lipinski definition) is 2. The van der Waals surface area contributed by atoms with Crippen LogP contribution in [0.4, 0.5) is 26.3 Å². The molecule has 0 fully saturated rings. The lowest BCUT2D eigenvalue weighted by atomic mass is 10.3. The van der Waals surface area contributed by atoms with E-state index in [2.05, 4.69) is 0 Å². The van der Waals surface area contributed by atoms with Gasteiger partial charge in [0, 0.05) is 0 Å². The van der Waals surface area contributed by atoms with Gasteiger partial charge in [-0.1, -0.05) is 6.07 Å². The Kier molecular flexibility index (Phi) is 4.34. The van der Waals surface area contributed by atoms with Crippen LogP contribution in [0.5, 0.6) is 0 Å². The van der Waals surface area contributed by atoms with Gasteiger partial charge in [0.25, 0.3) is 0 Å². The van der Waals surface area contributed by atoms with Gasteiger partial charge in [-0.05, 0) is 23.9 Å². The maximum absolute atomic E-state index is 13.0. The molecule has 1 aromatic carbocycles. The second kappa shape index (κ2) is 5.10. The number of halogens is 6. The van der Waals surface area contributed by atoms with Gasteiger partial charge >= 0.3 is 10.5 Å². The van der Waals surface area contributed by atoms with E-state index in [4.69, 9.17) is 4.55 Å². The number of rotatable bonds is 4. The molecule has 1 N–H and O–H groups in total. The molecule has 0 radical (unpaired) electrons.